The van der Waals surface area contributed by atoms with E-state index < -0.39 is 10.0 Å². The third-order valence-corrected chi connectivity index (χ3v) is 7.15. The van der Waals surface area contributed by atoms with Gasteiger partial charge in [-0.15, -0.1) is 0 Å². The number of benzene rings is 2. The van der Waals surface area contributed by atoms with Gasteiger partial charge >= 0.3 is 0 Å². The maximum absolute atomic E-state index is 13.7. The maximum Gasteiger partial charge on any atom is 0.245 e. The molecule has 0 unspecified atom stereocenters. The highest BCUT2D eigenvalue weighted by Crippen LogP contribution is 2.37. The van der Waals surface area contributed by atoms with Crippen molar-refractivity contribution in [1.82, 2.24) is 4.31 Å². The van der Waals surface area contributed by atoms with E-state index in [2.05, 4.69) is 5.32 Å². The zero-order chi connectivity index (χ0) is 20.3. The Hall–Kier alpha value is -2.18. The molecule has 0 bridgehead atoms. The summed E-state index contributed by atoms with van der Waals surface area (Å²) in [4.78, 5) is 11.8. The fourth-order valence-corrected chi connectivity index (χ4v) is 5.67. The van der Waals surface area contributed by atoms with E-state index in [-0.39, 0.29) is 16.8 Å². The van der Waals surface area contributed by atoms with E-state index in [1.54, 1.807) is 16.4 Å². The molecule has 28 heavy (non-hydrogen) atoms. The third kappa shape index (κ3) is 4.45. The number of nitrogens with zero attached hydrogens (tertiary/aromatic N) is 1. The van der Waals surface area contributed by atoms with Gasteiger partial charge in [-0.05, 0) is 49.9 Å². The largest absolute Gasteiger partial charge is 0.325 e. The van der Waals surface area contributed by atoms with E-state index in [9.17, 15) is 13.2 Å². The number of sulfonamides is 1. The van der Waals surface area contributed by atoms with Crippen molar-refractivity contribution in [3.63, 3.8) is 0 Å². The van der Waals surface area contributed by atoms with Crippen LogP contribution in [0.3, 0.4) is 0 Å². The van der Waals surface area contributed by atoms with E-state index in [4.69, 9.17) is 0 Å². The molecule has 1 N–H and O–H groups in total. The first-order valence-electron chi connectivity index (χ1n) is 9.75. The molecule has 2 aromatic carbocycles. The lowest BCUT2D eigenvalue weighted by molar-refractivity contribution is -0.114. The summed E-state index contributed by atoms with van der Waals surface area (Å²) in [6.45, 7) is 5.75. The molecular formula is C22H28N2O3S. The number of carbonyl (C=O) groups excluding carboxylic acids is 1. The van der Waals surface area contributed by atoms with E-state index in [1.165, 1.54) is 6.92 Å². The molecule has 1 atom stereocenters. The number of rotatable bonds is 4. The number of hydrogen-bond donors (Lipinski definition) is 1. The smallest absolute Gasteiger partial charge is 0.245 e. The van der Waals surface area contributed by atoms with Crippen molar-refractivity contribution in [2.45, 2.75) is 57.4 Å². The predicted octanol–water partition coefficient (Wildman–Crippen LogP) is 4.57. The standard InChI is InChI=1S/C22H28N2O3S/c1-16-8-11-19(12-9-16)21-7-5-4-6-14-24(21)28(26,27)22-15-17(2)10-13-20(22)23-18(3)25/h8-13,15,21H,4-7,14H2,1-3H3,(H,23,25)/t21-/m1/s1. The number of nitrogens with one attached hydrogen (secondary N) is 1. The minimum atomic E-state index is -3.77. The van der Waals surface area contributed by atoms with Crippen LogP contribution in [0.25, 0.3) is 0 Å². The van der Waals surface area contributed by atoms with Crippen LogP contribution in [0.15, 0.2) is 47.4 Å². The van der Waals surface area contributed by atoms with Crippen LogP contribution < -0.4 is 5.32 Å². The van der Waals surface area contributed by atoms with Crippen molar-refractivity contribution in [2.24, 2.45) is 0 Å². The van der Waals surface area contributed by atoms with E-state index >= 15 is 0 Å². The van der Waals surface area contributed by atoms with Gasteiger partial charge in [0.2, 0.25) is 15.9 Å². The molecule has 5 nitrogen and oxygen atoms in total. The van der Waals surface area contributed by atoms with Gasteiger partial charge in [0.05, 0.1) is 11.7 Å². The molecule has 0 aliphatic carbocycles. The summed E-state index contributed by atoms with van der Waals surface area (Å²) < 4.78 is 29.1. The minimum Gasteiger partial charge on any atom is -0.325 e. The van der Waals surface area contributed by atoms with Gasteiger partial charge in [0.1, 0.15) is 4.90 Å². The molecule has 3 rings (SSSR count). The molecular weight excluding hydrogens is 372 g/mol. The lowest BCUT2D eigenvalue weighted by Gasteiger charge is -2.30. The fraction of sp³-hybridized carbons (Fsp3) is 0.409. The van der Waals surface area contributed by atoms with E-state index in [1.807, 2.05) is 44.2 Å². The molecule has 1 saturated heterocycles. The molecule has 1 fully saturated rings. The van der Waals surface area contributed by atoms with Crippen LogP contribution in [-0.4, -0.2) is 25.2 Å². The predicted molar refractivity (Wildman–Crippen MR) is 112 cm³/mol. The molecule has 1 aliphatic rings. The topological polar surface area (TPSA) is 66.5 Å². The zero-order valence-electron chi connectivity index (χ0n) is 16.7. The summed E-state index contributed by atoms with van der Waals surface area (Å²) in [5.41, 5.74) is 3.35. The van der Waals surface area contributed by atoms with Gasteiger partial charge in [0.25, 0.3) is 0 Å². The van der Waals surface area contributed by atoms with Gasteiger partial charge in [0, 0.05) is 13.5 Å². The quantitative estimate of drug-likeness (QED) is 0.818. The highest BCUT2D eigenvalue weighted by Gasteiger charge is 2.35. The first-order chi connectivity index (χ1) is 13.3. The summed E-state index contributed by atoms with van der Waals surface area (Å²) in [5.74, 6) is -0.286. The second-order valence-electron chi connectivity index (χ2n) is 7.57. The molecule has 1 amide bonds. The van der Waals surface area contributed by atoms with Gasteiger partial charge in [-0.3, -0.25) is 4.79 Å². The zero-order valence-corrected chi connectivity index (χ0v) is 17.6. The Labute approximate surface area is 167 Å². The Morgan fingerprint density at radius 2 is 1.68 bits per heavy atom. The van der Waals surface area contributed by atoms with Crippen LogP contribution >= 0.6 is 0 Å². The average molecular weight is 401 g/mol. The van der Waals surface area contributed by atoms with Crippen molar-refractivity contribution >= 4 is 21.6 Å². The first kappa shape index (κ1) is 20.6. The van der Waals surface area contributed by atoms with Crippen LogP contribution in [0.4, 0.5) is 5.69 Å². The summed E-state index contributed by atoms with van der Waals surface area (Å²) in [7, 11) is -3.77. The summed E-state index contributed by atoms with van der Waals surface area (Å²) in [6.07, 6.45) is 3.64. The van der Waals surface area contributed by atoms with Gasteiger partial charge < -0.3 is 5.32 Å². The number of anilines is 1. The minimum absolute atomic E-state index is 0.168. The van der Waals surface area contributed by atoms with Crippen molar-refractivity contribution < 1.29 is 13.2 Å². The second-order valence-corrected chi connectivity index (χ2v) is 9.43. The van der Waals surface area contributed by atoms with Crippen molar-refractivity contribution in [3.8, 4) is 0 Å². The van der Waals surface area contributed by atoms with E-state index in [0.717, 1.165) is 42.4 Å². The number of carbonyl (C=O) groups is 1. The maximum atomic E-state index is 13.7. The highest BCUT2D eigenvalue weighted by atomic mass is 32.2. The van der Waals surface area contributed by atoms with Crippen molar-refractivity contribution in [2.75, 3.05) is 11.9 Å². The number of aryl methyl sites for hydroxylation is 2. The Morgan fingerprint density at radius 1 is 1.00 bits per heavy atom. The lowest BCUT2D eigenvalue weighted by Crippen LogP contribution is -2.35. The molecule has 1 aliphatic heterocycles. The Morgan fingerprint density at radius 3 is 2.36 bits per heavy atom. The SMILES string of the molecule is CC(=O)Nc1ccc(C)cc1S(=O)(=O)N1CCCCC[C@@H]1c1ccc(C)cc1. The third-order valence-electron chi connectivity index (χ3n) is 5.20. The van der Waals surface area contributed by atoms with Crippen molar-refractivity contribution in [3.05, 3.63) is 59.2 Å². The van der Waals surface area contributed by atoms with Gasteiger partial charge in [-0.25, -0.2) is 8.42 Å². The Balaban J connectivity index is 2.08. The van der Waals surface area contributed by atoms with Gasteiger partial charge in [-0.1, -0.05) is 48.7 Å². The van der Waals surface area contributed by atoms with E-state index in [0.29, 0.717) is 12.2 Å². The molecule has 0 saturated carbocycles. The van der Waals surface area contributed by atoms with Gasteiger partial charge in [0.15, 0.2) is 0 Å². The first-order valence-corrected chi connectivity index (χ1v) is 11.2. The highest BCUT2D eigenvalue weighted by molar-refractivity contribution is 7.89. The molecule has 1 heterocycles. The van der Waals surface area contributed by atoms with Crippen LogP contribution in [0.5, 0.6) is 0 Å². The number of amides is 1. The molecule has 2 aromatic rings. The molecule has 150 valence electrons. The normalized spacial score (nSPS) is 18.5. The molecule has 0 radical (unpaired) electrons. The second kappa shape index (κ2) is 8.45. The molecule has 0 spiro atoms. The Bertz CT molecular complexity index is 952. The van der Waals surface area contributed by atoms with Crippen LogP contribution in [0.1, 0.15) is 55.3 Å². The Kier molecular flexibility index (Phi) is 6.20. The van der Waals surface area contributed by atoms with Crippen LogP contribution in [0.2, 0.25) is 0 Å². The monoisotopic (exact) mass is 400 g/mol. The van der Waals surface area contributed by atoms with Gasteiger partial charge in [-0.2, -0.15) is 4.31 Å². The summed E-state index contributed by atoms with van der Waals surface area (Å²) in [5, 5.41) is 2.68. The van der Waals surface area contributed by atoms with Crippen molar-refractivity contribution in [1.29, 1.82) is 0 Å². The van der Waals surface area contributed by atoms with Crippen LogP contribution in [-0.2, 0) is 14.8 Å². The van der Waals surface area contributed by atoms with Crippen LogP contribution in [0, 0.1) is 13.8 Å². The average Bonchev–Trinajstić information content (AvgIpc) is 2.90. The lowest BCUT2D eigenvalue weighted by atomic mass is 10.0. The summed E-state index contributed by atoms with van der Waals surface area (Å²) >= 11 is 0. The summed E-state index contributed by atoms with van der Waals surface area (Å²) in [6, 6.07) is 13.0. The molecule has 6 heteroatoms. The molecule has 0 aromatic heterocycles. The fourth-order valence-electron chi connectivity index (χ4n) is 3.75. The number of hydrogen-bond acceptors (Lipinski definition) is 3.